The molecule has 8 nitrogen and oxygen atoms in total. The fourth-order valence-electron chi connectivity index (χ4n) is 4.79. The molecule has 4 rings (SSSR count). The maximum absolute atomic E-state index is 13.5. The molecule has 2 aliphatic rings. The predicted molar refractivity (Wildman–Crippen MR) is 139 cm³/mol. The number of carbonyl (C=O) groups excluding carboxylic acids is 2. The monoisotopic (exact) mass is 494 g/mol. The number of pyridine rings is 1. The lowest BCUT2D eigenvalue weighted by Crippen LogP contribution is -2.46. The van der Waals surface area contributed by atoms with Crippen LogP contribution in [0.25, 0.3) is 0 Å². The Morgan fingerprint density at radius 3 is 2.58 bits per heavy atom. The summed E-state index contributed by atoms with van der Waals surface area (Å²) in [5, 5.41) is 2.98. The first kappa shape index (κ1) is 26.1. The molecule has 8 heteroatoms. The van der Waals surface area contributed by atoms with Gasteiger partial charge in [0, 0.05) is 63.8 Å². The van der Waals surface area contributed by atoms with Crippen LogP contribution >= 0.6 is 0 Å². The van der Waals surface area contributed by atoms with E-state index in [1.807, 2.05) is 30.6 Å². The Balaban J connectivity index is 1.60. The van der Waals surface area contributed by atoms with Gasteiger partial charge in [0.2, 0.25) is 5.91 Å². The number of fused-ring (bicyclic) bond motifs is 1. The molecule has 36 heavy (non-hydrogen) atoms. The van der Waals surface area contributed by atoms with Gasteiger partial charge in [-0.1, -0.05) is 13.3 Å². The van der Waals surface area contributed by atoms with Gasteiger partial charge in [0.05, 0.1) is 11.7 Å². The van der Waals surface area contributed by atoms with Crippen LogP contribution in [0.1, 0.15) is 49.0 Å². The van der Waals surface area contributed by atoms with E-state index in [1.165, 1.54) is 5.56 Å². The van der Waals surface area contributed by atoms with Gasteiger partial charge in [-0.15, -0.1) is 0 Å². The molecule has 2 heterocycles. The standard InChI is InChI=1S/C28H38N4O4/c1-19-15-32(16-21-10-12-29-13-11-21)20(2)18-36-25-9-8-23(30-27(33)22-6-5-7-22)14-24(25)28(34)31(3)17-26(19)35-4/h8-14,19-20,22,26H,5-7,15-18H2,1-4H3,(H,30,33)/t19-,20-,26-/m1/s1. The highest BCUT2D eigenvalue weighted by atomic mass is 16.5. The minimum atomic E-state index is -0.152. The van der Waals surface area contributed by atoms with E-state index in [4.69, 9.17) is 9.47 Å². The number of anilines is 1. The number of benzene rings is 1. The van der Waals surface area contributed by atoms with Crippen LogP contribution in [0, 0.1) is 11.8 Å². The number of hydrogen-bond acceptors (Lipinski definition) is 6. The molecule has 1 saturated carbocycles. The summed E-state index contributed by atoms with van der Waals surface area (Å²) in [6, 6.07) is 9.50. The largest absolute Gasteiger partial charge is 0.491 e. The summed E-state index contributed by atoms with van der Waals surface area (Å²) in [5.41, 5.74) is 2.25. The van der Waals surface area contributed by atoms with Crippen LogP contribution in [0.3, 0.4) is 0 Å². The van der Waals surface area contributed by atoms with E-state index >= 15 is 0 Å². The third-order valence-electron chi connectivity index (χ3n) is 7.45. The average molecular weight is 495 g/mol. The Morgan fingerprint density at radius 2 is 1.92 bits per heavy atom. The van der Waals surface area contributed by atoms with Crippen LogP contribution in [0.4, 0.5) is 5.69 Å². The molecule has 1 aromatic carbocycles. The van der Waals surface area contributed by atoms with Crippen molar-refractivity contribution in [1.82, 2.24) is 14.8 Å². The van der Waals surface area contributed by atoms with Crippen LogP contribution in [-0.2, 0) is 16.1 Å². The second-order valence-electron chi connectivity index (χ2n) is 10.2. The van der Waals surface area contributed by atoms with Gasteiger partial charge in [-0.3, -0.25) is 19.5 Å². The fourth-order valence-corrected chi connectivity index (χ4v) is 4.79. The van der Waals surface area contributed by atoms with Crippen molar-refractivity contribution in [2.24, 2.45) is 11.8 Å². The van der Waals surface area contributed by atoms with E-state index in [1.54, 1.807) is 31.2 Å². The molecular weight excluding hydrogens is 456 g/mol. The van der Waals surface area contributed by atoms with Crippen LogP contribution in [0.2, 0.25) is 0 Å². The number of aromatic nitrogens is 1. The number of hydrogen-bond donors (Lipinski definition) is 1. The summed E-state index contributed by atoms with van der Waals surface area (Å²) in [4.78, 5) is 34.2. The molecule has 0 spiro atoms. The molecule has 2 aromatic rings. The van der Waals surface area contributed by atoms with Crippen LogP contribution in [0.5, 0.6) is 5.75 Å². The highest BCUT2D eigenvalue weighted by molar-refractivity contribution is 6.00. The quantitative estimate of drug-likeness (QED) is 0.680. The third-order valence-corrected chi connectivity index (χ3v) is 7.45. The maximum atomic E-state index is 13.5. The Labute approximate surface area is 214 Å². The molecule has 0 saturated heterocycles. The zero-order valence-electron chi connectivity index (χ0n) is 21.8. The van der Waals surface area contributed by atoms with Gasteiger partial charge < -0.3 is 19.7 Å². The highest BCUT2D eigenvalue weighted by Crippen LogP contribution is 2.30. The van der Waals surface area contributed by atoms with Crippen molar-refractivity contribution in [3.63, 3.8) is 0 Å². The molecule has 194 valence electrons. The molecular formula is C28H38N4O4. The summed E-state index contributed by atoms with van der Waals surface area (Å²) < 4.78 is 12.1. The fraction of sp³-hybridized carbons (Fsp3) is 0.536. The van der Waals surface area contributed by atoms with E-state index < -0.39 is 0 Å². The molecule has 1 aliphatic carbocycles. The molecule has 1 N–H and O–H groups in total. The Kier molecular flexibility index (Phi) is 8.59. The topological polar surface area (TPSA) is 84.0 Å². The zero-order valence-corrected chi connectivity index (χ0v) is 21.8. The summed E-state index contributed by atoms with van der Waals surface area (Å²) in [6.45, 7) is 6.74. The summed E-state index contributed by atoms with van der Waals surface area (Å²) in [5.74, 6) is 0.635. The van der Waals surface area contributed by atoms with Crippen molar-refractivity contribution in [1.29, 1.82) is 0 Å². The number of nitrogens with zero attached hydrogens (tertiary/aromatic N) is 3. The molecule has 2 amide bonds. The van der Waals surface area contributed by atoms with Crippen molar-refractivity contribution >= 4 is 17.5 Å². The Hall–Kier alpha value is -2.97. The van der Waals surface area contributed by atoms with Gasteiger partial charge in [-0.25, -0.2) is 0 Å². The number of carbonyl (C=O) groups is 2. The van der Waals surface area contributed by atoms with Crippen molar-refractivity contribution in [3.8, 4) is 5.75 Å². The van der Waals surface area contributed by atoms with Gasteiger partial charge >= 0.3 is 0 Å². The SMILES string of the molecule is CO[C@@H]1CN(C)C(=O)c2cc(NC(=O)C3CCC3)ccc2OC[C@@H](C)N(Cc2ccncc2)C[C@H]1C. The molecule has 0 radical (unpaired) electrons. The van der Waals surface area contributed by atoms with Crippen molar-refractivity contribution in [2.45, 2.75) is 51.8 Å². The summed E-state index contributed by atoms with van der Waals surface area (Å²) in [7, 11) is 3.49. The van der Waals surface area contributed by atoms with Crippen molar-refractivity contribution in [2.75, 3.05) is 39.2 Å². The van der Waals surface area contributed by atoms with Gasteiger partial charge in [0.15, 0.2) is 0 Å². The minimum Gasteiger partial charge on any atom is -0.491 e. The number of amides is 2. The number of rotatable bonds is 5. The molecule has 1 aliphatic heterocycles. The normalized spacial score (nSPS) is 24.1. The molecule has 3 atom stereocenters. The van der Waals surface area contributed by atoms with E-state index in [9.17, 15) is 9.59 Å². The molecule has 0 unspecified atom stereocenters. The van der Waals surface area contributed by atoms with Gasteiger partial charge in [-0.2, -0.15) is 0 Å². The van der Waals surface area contributed by atoms with Gasteiger partial charge in [-0.05, 0) is 61.6 Å². The number of nitrogens with one attached hydrogen (secondary N) is 1. The molecule has 1 aromatic heterocycles. The van der Waals surface area contributed by atoms with E-state index in [0.717, 1.165) is 32.4 Å². The molecule has 0 bridgehead atoms. The summed E-state index contributed by atoms with van der Waals surface area (Å²) >= 11 is 0. The first-order valence-corrected chi connectivity index (χ1v) is 12.8. The van der Waals surface area contributed by atoms with Crippen LogP contribution in [-0.4, -0.2) is 72.6 Å². The lowest BCUT2D eigenvalue weighted by Gasteiger charge is -2.36. The van der Waals surface area contributed by atoms with Crippen molar-refractivity contribution in [3.05, 3.63) is 53.9 Å². The Bertz CT molecular complexity index is 1040. The van der Waals surface area contributed by atoms with Gasteiger partial charge in [0.1, 0.15) is 12.4 Å². The highest BCUT2D eigenvalue weighted by Gasteiger charge is 2.29. The van der Waals surface area contributed by atoms with E-state index in [-0.39, 0.29) is 35.8 Å². The average Bonchev–Trinajstić information content (AvgIpc) is 2.84. The van der Waals surface area contributed by atoms with E-state index in [2.05, 4.69) is 29.0 Å². The maximum Gasteiger partial charge on any atom is 0.257 e. The second-order valence-corrected chi connectivity index (χ2v) is 10.2. The predicted octanol–water partition coefficient (Wildman–Crippen LogP) is 3.83. The minimum absolute atomic E-state index is 0.0183. The Morgan fingerprint density at radius 1 is 1.17 bits per heavy atom. The van der Waals surface area contributed by atoms with E-state index in [0.29, 0.717) is 30.2 Å². The third kappa shape index (κ3) is 6.23. The number of likely N-dealkylation sites (N-methyl/N-ethyl adjacent to an activating group) is 1. The number of methoxy groups -OCH3 is 1. The smallest absolute Gasteiger partial charge is 0.257 e. The summed E-state index contributed by atoms with van der Waals surface area (Å²) in [6.07, 6.45) is 6.43. The zero-order chi connectivity index (χ0) is 25.7. The van der Waals surface area contributed by atoms with Crippen molar-refractivity contribution < 1.29 is 19.1 Å². The first-order chi connectivity index (χ1) is 17.4. The molecule has 1 fully saturated rings. The first-order valence-electron chi connectivity index (χ1n) is 12.8. The second kappa shape index (κ2) is 11.8. The van der Waals surface area contributed by atoms with Crippen LogP contribution in [0.15, 0.2) is 42.7 Å². The number of ether oxygens (including phenoxy) is 2. The van der Waals surface area contributed by atoms with Gasteiger partial charge in [0.25, 0.3) is 5.91 Å². The lowest BCUT2D eigenvalue weighted by molar-refractivity contribution is -0.122. The van der Waals surface area contributed by atoms with Crippen LogP contribution < -0.4 is 10.1 Å². The lowest BCUT2D eigenvalue weighted by atomic mass is 9.85.